The van der Waals surface area contributed by atoms with Crippen molar-refractivity contribution in [2.24, 2.45) is 23.2 Å². The zero-order valence-electron chi connectivity index (χ0n) is 19.5. The Morgan fingerprint density at radius 2 is 1.91 bits per heavy atom. The van der Waals surface area contributed by atoms with Crippen molar-refractivity contribution < 1.29 is 19.4 Å². The maximum atomic E-state index is 12.9. The number of carbonyl (C=O) groups is 1. The number of aliphatic hydroxyl groups excluding tert-OH is 1. The van der Waals surface area contributed by atoms with Crippen LogP contribution in [0.15, 0.2) is 35.9 Å². The number of aliphatic hydroxyl groups is 1. The molecule has 1 aromatic rings. The molecule has 6 nitrogen and oxygen atoms in total. The second-order valence-corrected chi connectivity index (χ2v) is 10.3. The van der Waals surface area contributed by atoms with Gasteiger partial charge in [0, 0.05) is 56.2 Å². The number of allylic oxidation sites excluding steroid dienone is 1. The monoisotopic (exact) mass is 440 g/mol. The lowest BCUT2D eigenvalue weighted by Gasteiger charge is -2.52. The van der Waals surface area contributed by atoms with Crippen molar-refractivity contribution in [1.29, 1.82) is 0 Å². The molecule has 0 amide bonds. The number of ether oxygens (including phenoxy) is 2. The fourth-order valence-electron chi connectivity index (χ4n) is 6.53. The van der Waals surface area contributed by atoms with Gasteiger partial charge in [-0.05, 0) is 43.0 Å². The molecule has 6 heteroatoms. The summed E-state index contributed by atoms with van der Waals surface area (Å²) in [6, 6.07) is 8.19. The van der Waals surface area contributed by atoms with Gasteiger partial charge < -0.3 is 19.5 Å². The fraction of sp³-hybridized carbons (Fsp3) is 0.654. The lowest BCUT2D eigenvalue weighted by Crippen LogP contribution is -2.55. The van der Waals surface area contributed by atoms with E-state index in [1.165, 1.54) is 11.3 Å². The number of anilines is 1. The summed E-state index contributed by atoms with van der Waals surface area (Å²) in [6.07, 6.45) is 4.54. The number of nitrogens with zero attached hydrogens (tertiary/aromatic N) is 2. The van der Waals surface area contributed by atoms with E-state index in [-0.39, 0.29) is 29.3 Å². The summed E-state index contributed by atoms with van der Waals surface area (Å²) in [6.45, 7) is 8.79. The second-order valence-electron chi connectivity index (χ2n) is 10.3. The van der Waals surface area contributed by atoms with Gasteiger partial charge in [0.2, 0.25) is 0 Å². The van der Waals surface area contributed by atoms with Crippen LogP contribution < -0.4 is 9.64 Å². The van der Waals surface area contributed by atoms with Gasteiger partial charge in [-0.1, -0.05) is 25.5 Å². The number of hydrogen-bond donors (Lipinski definition) is 1. The van der Waals surface area contributed by atoms with E-state index < -0.39 is 6.10 Å². The Hall–Kier alpha value is -2.05. The van der Waals surface area contributed by atoms with Gasteiger partial charge in [0.1, 0.15) is 11.9 Å². The molecule has 0 spiro atoms. The van der Waals surface area contributed by atoms with Crippen molar-refractivity contribution >= 4 is 11.7 Å². The minimum Gasteiger partial charge on any atom is -0.497 e. The zero-order valence-corrected chi connectivity index (χ0v) is 19.5. The first-order valence-electron chi connectivity index (χ1n) is 12.1. The predicted molar refractivity (Wildman–Crippen MR) is 124 cm³/mol. The van der Waals surface area contributed by atoms with Crippen LogP contribution in [0.5, 0.6) is 5.75 Å². The van der Waals surface area contributed by atoms with E-state index in [9.17, 15) is 9.90 Å². The van der Waals surface area contributed by atoms with Crippen LogP contribution in [-0.2, 0) is 9.53 Å². The third-order valence-corrected chi connectivity index (χ3v) is 8.84. The molecule has 0 aromatic heterocycles. The van der Waals surface area contributed by atoms with Gasteiger partial charge >= 0.3 is 5.97 Å². The van der Waals surface area contributed by atoms with Crippen molar-refractivity contribution in [1.82, 2.24) is 4.90 Å². The molecular formula is C26H36N2O4. The number of methoxy groups -OCH3 is 1. The fourth-order valence-corrected chi connectivity index (χ4v) is 6.53. The van der Waals surface area contributed by atoms with Gasteiger partial charge in [-0.15, -0.1) is 0 Å². The molecule has 0 bridgehead atoms. The Kier molecular flexibility index (Phi) is 5.70. The first kappa shape index (κ1) is 21.8. The van der Waals surface area contributed by atoms with Crippen LogP contribution in [0.2, 0.25) is 0 Å². The highest BCUT2D eigenvalue weighted by atomic mass is 16.6. The lowest BCUT2D eigenvalue weighted by molar-refractivity contribution is -0.145. The Balaban J connectivity index is 1.25. The van der Waals surface area contributed by atoms with E-state index in [4.69, 9.17) is 9.47 Å². The van der Waals surface area contributed by atoms with E-state index >= 15 is 0 Å². The molecule has 0 unspecified atom stereocenters. The number of piperazine rings is 1. The molecule has 6 atom stereocenters. The van der Waals surface area contributed by atoms with Crippen molar-refractivity contribution in [3.8, 4) is 5.75 Å². The van der Waals surface area contributed by atoms with Crippen LogP contribution in [-0.4, -0.2) is 68.0 Å². The molecule has 1 N–H and O–H groups in total. The van der Waals surface area contributed by atoms with E-state index in [0.29, 0.717) is 12.5 Å². The van der Waals surface area contributed by atoms with Gasteiger partial charge in [-0.25, -0.2) is 0 Å². The number of rotatable bonds is 4. The predicted octanol–water partition coefficient (Wildman–Crippen LogP) is 3.10. The Morgan fingerprint density at radius 1 is 1.19 bits per heavy atom. The van der Waals surface area contributed by atoms with Crippen LogP contribution in [0.25, 0.3) is 0 Å². The zero-order chi connectivity index (χ0) is 22.5. The third-order valence-electron chi connectivity index (χ3n) is 8.84. The molecule has 2 saturated heterocycles. The summed E-state index contributed by atoms with van der Waals surface area (Å²) < 4.78 is 11.1. The normalized spacial score (nSPS) is 37.4. The molecule has 1 saturated carbocycles. The first-order valence-corrected chi connectivity index (χ1v) is 12.1. The van der Waals surface area contributed by atoms with Gasteiger partial charge in [-0.2, -0.15) is 0 Å². The topological polar surface area (TPSA) is 62.2 Å². The lowest BCUT2D eigenvalue weighted by atomic mass is 9.55. The molecule has 4 aliphatic rings. The maximum Gasteiger partial charge on any atom is 0.311 e. The number of esters is 1. The molecule has 5 rings (SSSR count). The van der Waals surface area contributed by atoms with E-state index in [1.54, 1.807) is 7.11 Å². The highest BCUT2D eigenvalue weighted by molar-refractivity contribution is 5.76. The number of carbonyl (C=O) groups excluding carboxylic acids is 1. The molecule has 32 heavy (non-hydrogen) atoms. The van der Waals surface area contributed by atoms with Crippen LogP contribution in [0.4, 0.5) is 5.69 Å². The summed E-state index contributed by atoms with van der Waals surface area (Å²) >= 11 is 0. The summed E-state index contributed by atoms with van der Waals surface area (Å²) in [7, 11) is 1.68. The SMILES string of the molecule is COc1ccc(N2CCN(C[C@@H]3C(=O)O[C@@H]4CC5=CCC[C@@H](C)[C@@]5(C)[C@@H](O)[C@H]34)CC2)cc1. The molecular weight excluding hydrogens is 404 g/mol. The molecule has 2 aliphatic carbocycles. The number of hydrogen-bond acceptors (Lipinski definition) is 6. The van der Waals surface area contributed by atoms with Gasteiger partial charge in [0.05, 0.1) is 19.1 Å². The Morgan fingerprint density at radius 3 is 2.59 bits per heavy atom. The van der Waals surface area contributed by atoms with Crippen molar-refractivity contribution in [3.63, 3.8) is 0 Å². The van der Waals surface area contributed by atoms with Crippen molar-refractivity contribution in [2.75, 3.05) is 44.7 Å². The Bertz CT molecular complexity index is 876. The van der Waals surface area contributed by atoms with Crippen LogP contribution in [0.1, 0.15) is 33.1 Å². The van der Waals surface area contributed by atoms with Gasteiger partial charge in [-0.3, -0.25) is 9.69 Å². The van der Waals surface area contributed by atoms with Crippen LogP contribution in [0, 0.1) is 23.2 Å². The summed E-state index contributed by atoms with van der Waals surface area (Å²) in [5.41, 5.74) is 2.26. The molecule has 0 radical (unpaired) electrons. The van der Waals surface area contributed by atoms with Crippen molar-refractivity contribution in [2.45, 2.75) is 45.3 Å². The molecule has 2 heterocycles. The highest BCUT2D eigenvalue weighted by Gasteiger charge is 2.59. The molecule has 174 valence electrons. The van der Waals surface area contributed by atoms with E-state index in [0.717, 1.165) is 51.2 Å². The first-order chi connectivity index (χ1) is 15.4. The van der Waals surface area contributed by atoms with E-state index in [1.807, 2.05) is 12.1 Å². The quantitative estimate of drug-likeness (QED) is 0.574. The average molecular weight is 441 g/mol. The standard InChI is InChI=1S/C26H36N2O4/c1-17-5-4-6-18-15-22-23(24(29)26(17,18)2)21(25(30)32-22)16-27-11-13-28(14-12-27)19-7-9-20(31-3)10-8-19/h6-10,17,21-24,29H,4-5,11-16H2,1-3H3/t17-,21+,22-,23-,24+,26-/m1/s1. The summed E-state index contributed by atoms with van der Waals surface area (Å²) in [5, 5.41) is 11.5. The Labute approximate surface area is 191 Å². The molecule has 3 fully saturated rings. The molecule has 1 aromatic carbocycles. The van der Waals surface area contributed by atoms with Crippen LogP contribution >= 0.6 is 0 Å². The average Bonchev–Trinajstić information content (AvgIpc) is 3.11. The minimum absolute atomic E-state index is 0.107. The second kappa shape index (κ2) is 8.38. The summed E-state index contributed by atoms with van der Waals surface area (Å²) in [4.78, 5) is 17.6. The van der Waals surface area contributed by atoms with Crippen molar-refractivity contribution in [3.05, 3.63) is 35.9 Å². The smallest absolute Gasteiger partial charge is 0.311 e. The van der Waals surface area contributed by atoms with Crippen LogP contribution in [0.3, 0.4) is 0 Å². The minimum atomic E-state index is -0.528. The number of fused-ring (bicyclic) bond motifs is 2. The maximum absolute atomic E-state index is 12.9. The summed E-state index contributed by atoms with van der Waals surface area (Å²) in [5.74, 6) is 0.821. The van der Waals surface area contributed by atoms with E-state index in [2.05, 4.69) is 41.9 Å². The number of benzene rings is 1. The molecule has 2 aliphatic heterocycles. The van der Waals surface area contributed by atoms with Gasteiger partial charge in [0.25, 0.3) is 0 Å². The van der Waals surface area contributed by atoms with Gasteiger partial charge in [0.15, 0.2) is 0 Å². The highest BCUT2D eigenvalue weighted by Crippen LogP contribution is 2.56. The largest absolute Gasteiger partial charge is 0.497 e. The third kappa shape index (κ3) is 3.52.